The molecule has 8 nitrogen and oxygen atoms in total. The Morgan fingerprint density at radius 1 is 1.09 bits per heavy atom. The fourth-order valence-electron chi connectivity index (χ4n) is 7.12. The van der Waals surface area contributed by atoms with Gasteiger partial charge in [-0.05, 0) is 44.5 Å². The van der Waals surface area contributed by atoms with Gasteiger partial charge in [-0.1, -0.05) is 18.2 Å². The maximum atomic E-state index is 15.4. The fourth-order valence-corrected chi connectivity index (χ4v) is 8.65. The molecule has 0 spiro atoms. The quantitative estimate of drug-likeness (QED) is 0.186. The predicted octanol–water partition coefficient (Wildman–Crippen LogP) is 5.44. The number of hydrogen-bond donors (Lipinski definition) is 0. The third-order valence-corrected chi connectivity index (χ3v) is 11.0. The second-order valence-corrected chi connectivity index (χ2v) is 14.1. The van der Waals surface area contributed by atoms with Gasteiger partial charge in [0.05, 0.1) is 23.1 Å². The molecule has 14 heteroatoms. The second-order valence-electron chi connectivity index (χ2n) is 12.6. The average molecular weight is 693 g/mol. The highest BCUT2D eigenvalue weighted by Crippen LogP contribution is 2.47. The van der Waals surface area contributed by atoms with E-state index in [4.69, 9.17) is 11.6 Å². The van der Waals surface area contributed by atoms with E-state index in [1.165, 1.54) is 23.9 Å². The number of amides is 1. The van der Waals surface area contributed by atoms with Gasteiger partial charge in [-0.25, -0.2) is 22.4 Å². The number of thioether (sulfide) groups is 1. The smallest absolute Gasteiger partial charge is 0.349 e. The number of halogens is 5. The molecule has 0 aliphatic carbocycles. The number of rotatable bonds is 7. The molecule has 6 rings (SSSR count). The first-order valence-corrected chi connectivity index (χ1v) is 17.0. The van der Waals surface area contributed by atoms with Crippen molar-refractivity contribution in [1.29, 1.82) is 0 Å². The molecule has 0 radical (unpaired) electrons. The van der Waals surface area contributed by atoms with Crippen LogP contribution in [0, 0.1) is 18.6 Å². The first-order chi connectivity index (χ1) is 22.4. The molecular formula is C33H37ClF4N6O2S. The number of aromatic nitrogens is 2. The maximum Gasteiger partial charge on any atom is 0.350 e. The Balaban J connectivity index is 1.47. The largest absolute Gasteiger partial charge is 0.350 e. The molecule has 1 amide bonds. The summed E-state index contributed by atoms with van der Waals surface area (Å²) in [7, 11) is 0. The standard InChI is InChI=1S/C33H37ClF4N6O2S/c1-5-28(45)42-13-20(4)43(14-19(42)3)32-23-10-18(2)29(22-11-24(34)26(36)12-25(22)35)31-30(23)44(33(46)39-32)21(17-47-31)15-40-6-8-41(9-7-40)16-27(37)38/h5,10-12,19-21,27H,1,6-9,13-17H2,2-4H3/t19-,20+,21+/m1/s1. The van der Waals surface area contributed by atoms with Crippen molar-refractivity contribution in [3.63, 3.8) is 0 Å². The van der Waals surface area contributed by atoms with Crippen LogP contribution in [0.15, 0.2) is 40.5 Å². The number of aryl methyl sites for hydroxylation is 1. The molecule has 0 saturated carbocycles. The van der Waals surface area contributed by atoms with Crippen LogP contribution in [0.25, 0.3) is 22.0 Å². The normalized spacial score (nSPS) is 22.4. The van der Waals surface area contributed by atoms with E-state index in [2.05, 4.69) is 16.5 Å². The number of hydrogen-bond acceptors (Lipinski definition) is 7. The van der Waals surface area contributed by atoms with Crippen LogP contribution in [0.1, 0.15) is 25.5 Å². The van der Waals surface area contributed by atoms with Gasteiger partial charge < -0.3 is 9.80 Å². The first kappa shape index (κ1) is 33.8. The van der Waals surface area contributed by atoms with E-state index in [9.17, 15) is 22.8 Å². The Bertz CT molecular complexity index is 1780. The van der Waals surface area contributed by atoms with Crippen molar-refractivity contribution >= 4 is 46.0 Å². The number of nitrogens with zero attached hydrogens (tertiary/aromatic N) is 6. The van der Waals surface area contributed by atoms with E-state index < -0.39 is 23.7 Å². The lowest BCUT2D eigenvalue weighted by Gasteiger charge is -2.45. The molecule has 0 bridgehead atoms. The Morgan fingerprint density at radius 2 is 1.79 bits per heavy atom. The van der Waals surface area contributed by atoms with Crippen molar-refractivity contribution in [2.75, 3.05) is 63.0 Å². The summed E-state index contributed by atoms with van der Waals surface area (Å²) in [5.41, 5.74) is 1.55. The molecule has 4 heterocycles. The third kappa shape index (κ3) is 6.39. The molecule has 252 valence electrons. The lowest BCUT2D eigenvalue weighted by atomic mass is 9.96. The van der Waals surface area contributed by atoms with Gasteiger partial charge in [0.15, 0.2) is 0 Å². The van der Waals surface area contributed by atoms with E-state index in [1.807, 2.05) is 31.7 Å². The third-order valence-electron chi connectivity index (χ3n) is 9.45. The summed E-state index contributed by atoms with van der Waals surface area (Å²) < 4.78 is 57.2. The molecule has 2 fully saturated rings. The molecular weight excluding hydrogens is 656 g/mol. The molecule has 3 atom stereocenters. The molecule has 47 heavy (non-hydrogen) atoms. The zero-order valence-electron chi connectivity index (χ0n) is 26.5. The van der Waals surface area contributed by atoms with Crippen LogP contribution in [0.3, 0.4) is 0 Å². The minimum Gasteiger partial charge on any atom is -0.349 e. The Morgan fingerprint density at radius 3 is 2.47 bits per heavy atom. The highest BCUT2D eigenvalue weighted by Gasteiger charge is 2.36. The van der Waals surface area contributed by atoms with Gasteiger partial charge in [0.1, 0.15) is 17.5 Å². The van der Waals surface area contributed by atoms with Gasteiger partial charge in [-0.15, -0.1) is 11.8 Å². The molecule has 3 aliphatic rings. The molecule has 2 aromatic carbocycles. The van der Waals surface area contributed by atoms with E-state index in [-0.39, 0.29) is 41.2 Å². The number of anilines is 1. The molecule has 1 aromatic heterocycles. The summed E-state index contributed by atoms with van der Waals surface area (Å²) >= 11 is 7.64. The minimum absolute atomic E-state index is 0.141. The second kappa shape index (κ2) is 13.4. The van der Waals surface area contributed by atoms with Crippen molar-refractivity contribution in [3.8, 4) is 11.1 Å². The lowest BCUT2D eigenvalue weighted by Crippen LogP contribution is -2.58. The topological polar surface area (TPSA) is 64.9 Å². The highest BCUT2D eigenvalue weighted by molar-refractivity contribution is 7.99. The summed E-state index contributed by atoms with van der Waals surface area (Å²) in [6.07, 6.45) is -1.09. The van der Waals surface area contributed by atoms with E-state index >= 15 is 4.39 Å². The van der Waals surface area contributed by atoms with E-state index in [0.29, 0.717) is 78.9 Å². The number of benzene rings is 2. The lowest BCUT2D eigenvalue weighted by molar-refractivity contribution is -0.128. The van der Waals surface area contributed by atoms with Crippen LogP contribution in [-0.2, 0) is 4.79 Å². The predicted molar refractivity (Wildman–Crippen MR) is 178 cm³/mol. The van der Waals surface area contributed by atoms with Crippen molar-refractivity contribution in [3.05, 3.63) is 63.6 Å². The van der Waals surface area contributed by atoms with Crippen LogP contribution in [0.2, 0.25) is 5.02 Å². The van der Waals surface area contributed by atoms with Crippen molar-refractivity contribution in [2.45, 2.75) is 50.2 Å². The summed E-state index contributed by atoms with van der Waals surface area (Å²) in [6, 6.07) is 3.32. The van der Waals surface area contributed by atoms with Crippen molar-refractivity contribution < 1.29 is 22.4 Å². The number of piperazine rings is 2. The Hall–Kier alpha value is -3.13. The molecule has 3 aliphatic heterocycles. The van der Waals surface area contributed by atoms with Gasteiger partial charge in [0.25, 0.3) is 6.43 Å². The maximum absolute atomic E-state index is 15.4. The zero-order chi connectivity index (χ0) is 33.7. The van der Waals surface area contributed by atoms with Crippen LogP contribution in [0.4, 0.5) is 23.4 Å². The number of alkyl halides is 2. The number of carbonyl (C=O) groups excluding carboxylic acids is 1. The Kier molecular flexibility index (Phi) is 9.63. The van der Waals surface area contributed by atoms with Crippen LogP contribution >= 0.6 is 23.4 Å². The summed E-state index contributed by atoms with van der Waals surface area (Å²) in [4.78, 5) is 39.7. The molecule has 0 unspecified atom stereocenters. The molecule has 2 saturated heterocycles. The van der Waals surface area contributed by atoms with E-state index in [0.717, 1.165) is 11.5 Å². The van der Waals surface area contributed by atoms with Gasteiger partial charge in [-0.3, -0.25) is 19.2 Å². The summed E-state index contributed by atoms with van der Waals surface area (Å²) in [5.74, 6) is -0.806. The van der Waals surface area contributed by atoms with Gasteiger partial charge >= 0.3 is 5.69 Å². The van der Waals surface area contributed by atoms with Crippen LogP contribution < -0.4 is 10.6 Å². The minimum atomic E-state index is -2.39. The first-order valence-electron chi connectivity index (χ1n) is 15.7. The summed E-state index contributed by atoms with van der Waals surface area (Å²) in [5, 5.41) is 0.510. The van der Waals surface area contributed by atoms with Crippen molar-refractivity contribution in [1.82, 2.24) is 24.3 Å². The van der Waals surface area contributed by atoms with Gasteiger partial charge in [0.2, 0.25) is 5.91 Å². The number of carbonyl (C=O) groups is 1. The fraction of sp³-hybridized carbons (Fsp3) is 0.485. The highest BCUT2D eigenvalue weighted by atomic mass is 35.5. The summed E-state index contributed by atoms with van der Waals surface area (Å²) in [6.45, 7) is 12.7. The van der Waals surface area contributed by atoms with Gasteiger partial charge in [0, 0.05) is 91.1 Å². The average Bonchev–Trinajstić information content (AvgIpc) is 3.02. The van der Waals surface area contributed by atoms with Gasteiger partial charge in [-0.2, -0.15) is 4.98 Å². The SMILES string of the molecule is C=CC(=O)N1C[C@H](C)N(c2nc(=O)n3c4c(c(-c5cc(Cl)c(F)cc5F)c(C)cc24)SC[C@@H]3CN2CCN(CC(F)F)CC2)C[C@H]1C. The molecule has 3 aromatic rings. The van der Waals surface area contributed by atoms with Crippen LogP contribution in [-0.4, -0.2) is 107 Å². The molecule has 0 N–H and O–H groups in total. The van der Waals surface area contributed by atoms with Crippen molar-refractivity contribution in [2.24, 2.45) is 0 Å². The van der Waals surface area contributed by atoms with E-state index in [1.54, 1.807) is 14.4 Å². The van der Waals surface area contributed by atoms with Crippen LogP contribution in [0.5, 0.6) is 0 Å². The Labute approximate surface area is 279 Å². The monoisotopic (exact) mass is 692 g/mol. The zero-order valence-corrected chi connectivity index (χ0v) is 28.1.